The van der Waals surface area contributed by atoms with Gasteiger partial charge in [-0.3, -0.25) is 14.7 Å². The van der Waals surface area contributed by atoms with Gasteiger partial charge in [0, 0.05) is 36.6 Å². The van der Waals surface area contributed by atoms with Crippen LogP contribution in [-0.2, 0) is 13.6 Å². The highest BCUT2D eigenvalue weighted by Gasteiger charge is 2.39. The van der Waals surface area contributed by atoms with Crippen LogP contribution in [0.5, 0.6) is 0 Å². The summed E-state index contributed by atoms with van der Waals surface area (Å²) in [6.07, 6.45) is -0.687. The molecule has 0 aliphatic carbocycles. The van der Waals surface area contributed by atoms with Crippen molar-refractivity contribution in [3.05, 3.63) is 64.2 Å². The normalized spacial score (nSPS) is 12.8. The first-order chi connectivity index (χ1) is 15.1. The third-order valence-corrected chi connectivity index (χ3v) is 7.22. The van der Waals surface area contributed by atoms with Gasteiger partial charge < -0.3 is 19.3 Å². The highest BCUT2D eigenvalue weighted by Crippen LogP contribution is 2.62. The largest absolute Gasteiger partial charge is 0.372 e. The maximum absolute atomic E-state index is 14.0. The van der Waals surface area contributed by atoms with Gasteiger partial charge in [-0.2, -0.15) is 0 Å². The first-order valence-electron chi connectivity index (χ1n) is 10.9. The minimum absolute atomic E-state index is 0.0602. The lowest BCUT2D eigenvalue weighted by Crippen LogP contribution is -2.22. The van der Waals surface area contributed by atoms with Crippen molar-refractivity contribution in [1.29, 1.82) is 0 Å². The predicted molar refractivity (Wildman–Crippen MR) is 130 cm³/mol. The number of hydrogen-bond acceptors (Lipinski definition) is 7. The smallest absolute Gasteiger partial charge is 0.357 e. The molecule has 2 rings (SSSR count). The van der Waals surface area contributed by atoms with Gasteiger partial charge in [-0.15, -0.1) is 0 Å². The molecule has 0 saturated heterocycles. The zero-order valence-electron chi connectivity index (χ0n) is 19.6. The third-order valence-electron chi connectivity index (χ3n) is 4.73. The monoisotopic (exact) mass is 463 g/mol. The van der Waals surface area contributed by atoms with Crippen molar-refractivity contribution in [1.82, 2.24) is 0 Å². The molecule has 8 nitrogen and oxygen atoms in total. The van der Waals surface area contributed by atoms with E-state index in [1.165, 1.54) is 12.1 Å². The molecule has 0 spiro atoms. The second-order valence-corrected chi connectivity index (χ2v) is 9.98. The van der Waals surface area contributed by atoms with Crippen LogP contribution in [0.15, 0.2) is 48.5 Å². The fraction of sp³-hybridized carbons (Fsp3) is 0.478. The number of nitro groups is 1. The zero-order chi connectivity index (χ0) is 23.9. The van der Waals surface area contributed by atoms with Crippen molar-refractivity contribution in [3.8, 4) is 0 Å². The van der Waals surface area contributed by atoms with Gasteiger partial charge in [0.25, 0.3) is 5.69 Å². The molecule has 2 aromatic rings. The molecule has 2 aromatic carbocycles. The van der Waals surface area contributed by atoms with Gasteiger partial charge in [0.1, 0.15) is 0 Å². The van der Waals surface area contributed by atoms with Crippen molar-refractivity contribution >= 4 is 24.7 Å². The number of nitrogens with zero attached hydrogens (tertiary/aromatic N) is 2. The van der Waals surface area contributed by atoms with Crippen LogP contribution in [0.25, 0.3) is 0 Å². The van der Waals surface area contributed by atoms with E-state index in [0.717, 1.165) is 18.8 Å². The molecule has 176 valence electrons. The fourth-order valence-electron chi connectivity index (χ4n) is 3.40. The van der Waals surface area contributed by atoms with Crippen molar-refractivity contribution in [2.45, 2.75) is 59.5 Å². The number of benzene rings is 2. The minimum atomic E-state index is -3.72. The fourth-order valence-corrected chi connectivity index (χ4v) is 5.72. The number of rotatable bonds is 12. The van der Waals surface area contributed by atoms with Gasteiger partial charge in [0.05, 0.1) is 17.1 Å². The summed E-state index contributed by atoms with van der Waals surface area (Å²) in [5.74, 6) is -0.847. The highest BCUT2D eigenvalue weighted by molar-refractivity contribution is 7.54. The minimum Gasteiger partial charge on any atom is -0.372 e. The molecule has 1 atom stereocenters. The molecular weight excluding hydrogens is 429 g/mol. The van der Waals surface area contributed by atoms with E-state index in [2.05, 4.69) is 24.1 Å². The molecule has 0 saturated carbocycles. The molecular formula is C23H34N3O5P. The Balaban J connectivity index is 2.54. The van der Waals surface area contributed by atoms with Gasteiger partial charge in [0.15, 0.2) is 5.78 Å². The molecule has 0 heterocycles. The summed E-state index contributed by atoms with van der Waals surface area (Å²) in [6.45, 7) is 13.1. The Morgan fingerprint density at radius 2 is 1.56 bits per heavy atom. The van der Waals surface area contributed by atoms with Gasteiger partial charge in [0.2, 0.25) is 0 Å². The van der Waals surface area contributed by atoms with E-state index < -0.39 is 18.3 Å². The van der Waals surface area contributed by atoms with Gasteiger partial charge in [-0.25, -0.2) is 0 Å². The first-order valence-corrected chi connectivity index (χ1v) is 12.5. The molecule has 1 N–H and O–H groups in total. The molecule has 32 heavy (non-hydrogen) atoms. The number of non-ortho nitro benzene ring substituents is 1. The summed E-state index contributed by atoms with van der Waals surface area (Å²) in [4.78, 5) is 13.0. The van der Waals surface area contributed by atoms with Crippen molar-refractivity contribution in [2.24, 2.45) is 0 Å². The van der Waals surface area contributed by atoms with E-state index in [0.29, 0.717) is 11.3 Å². The van der Waals surface area contributed by atoms with E-state index in [4.69, 9.17) is 9.05 Å². The number of nitro benzene ring substituents is 1. The highest BCUT2D eigenvalue weighted by atomic mass is 31.2. The molecule has 0 amide bonds. The first kappa shape index (κ1) is 25.8. The summed E-state index contributed by atoms with van der Waals surface area (Å²) in [6, 6.07) is 13.8. The SMILES string of the molecule is CCN(CC)c1ccc(C(Nc2cccc([N+](=O)[O-])c2)P(=O)(OC(C)C)OC(C)C)cc1. The molecule has 1 unspecified atom stereocenters. The van der Waals surface area contributed by atoms with Crippen molar-refractivity contribution in [2.75, 3.05) is 23.3 Å². The molecule has 9 heteroatoms. The summed E-state index contributed by atoms with van der Waals surface area (Å²) in [5, 5.41) is 14.4. The average Bonchev–Trinajstić information content (AvgIpc) is 2.72. The van der Waals surface area contributed by atoms with Gasteiger partial charge in [-0.1, -0.05) is 18.2 Å². The Kier molecular flexibility index (Phi) is 9.25. The molecule has 0 radical (unpaired) electrons. The van der Waals surface area contributed by atoms with E-state index in [1.807, 2.05) is 24.3 Å². The maximum Gasteiger partial charge on any atom is 0.357 e. The molecule has 0 aliphatic heterocycles. The van der Waals surface area contributed by atoms with Gasteiger partial charge in [-0.05, 0) is 65.3 Å². The predicted octanol–water partition coefficient (Wildman–Crippen LogP) is 6.59. The second kappa shape index (κ2) is 11.5. The summed E-state index contributed by atoms with van der Waals surface area (Å²) in [5.41, 5.74) is 2.15. The summed E-state index contributed by atoms with van der Waals surface area (Å²) in [7, 11) is -3.72. The number of nitrogens with one attached hydrogen (secondary N) is 1. The van der Waals surface area contributed by atoms with Crippen LogP contribution in [-0.4, -0.2) is 30.2 Å². The van der Waals surface area contributed by atoms with Crippen LogP contribution in [0.3, 0.4) is 0 Å². The average molecular weight is 464 g/mol. The quantitative estimate of drug-likeness (QED) is 0.215. The van der Waals surface area contributed by atoms with Crippen LogP contribution >= 0.6 is 7.60 Å². The van der Waals surface area contributed by atoms with E-state index in [9.17, 15) is 14.7 Å². The van der Waals surface area contributed by atoms with Crippen molar-refractivity contribution in [3.63, 3.8) is 0 Å². The third kappa shape index (κ3) is 6.79. The Morgan fingerprint density at radius 3 is 2.03 bits per heavy atom. The maximum atomic E-state index is 14.0. The van der Waals surface area contributed by atoms with Crippen molar-refractivity contribution < 1.29 is 18.5 Å². The lowest BCUT2D eigenvalue weighted by atomic mass is 10.1. The standard InChI is InChI=1S/C23H34N3O5P/c1-7-25(8-2)21-14-12-19(13-15-21)23(32(29,30-17(3)4)31-18(5)6)24-20-10-9-11-22(16-20)26(27)28/h9-18,23-24H,7-8H2,1-6H3. The zero-order valence-corrected chi connectivity index (χ0v) is 20.5. The second-order valence-electron chi connectivity index (χ2n) is 7.97. The Morgan fingerprint density at radius 1 is 1.00 bits per heavy atom. The topological polar surface area (TPSA) is 93.9 Å². The number of anilines is 2. The van der Waals surface area contributed by atoms with Crippen LogP contribution in [0.4, 0.5) is 17.1 Å². The Bertz CT molecular complexity index is 915. The van der Waals surface area contributed by atoms with E-state index in [-0.39, 0.29) is 17.9 Å². The van der Waals surface area contributed by atoms with Gasteiger partial charge >= 0.3 is 7.60 Å². The molecule has 0 fully saturated rings. The van der Waals surface area contributed by atoms with Crippen LogP contribution in [0.2, 0.25) is 0 Å². The van der Waals surface area contributed by atoms with Crippen LogP contribution in [0.1, 0.15) is 52.9 Å². The molecule has 0 aliphatic rings. The Labute approximate surface area is 190 Å². The van der Waals surface area contributed by atoms with Crippen LogP contribution in [0, 0.1) is 10.1 Å². The van der Waals surface area contributed by atoms with E-state index >= 15 is 0 Å². The Hall–Kier alpha value is -2.41. The molecule has 0 aromatic heterocycles. The summed E-state index contributed by atoms with van der Waals surface area (Å²) >= 11 is 0. The lowest BCUT2D eigenvalue weighted by molar-refractivity contribution is -0.384. The summed E-state index contributed by atoms with van der Waals surface area (Å²) < 4.78 is 25.8. The van der Waals surface area contributed by atoms with E-state index in [1.54, 1.807) is 39.8 Å². The molecule has 0 bridgehead atoms. The number of hydrogen-bond donors (Lipinski definition) is 1. The van der Waals surface area contributed by atoms with Crippen LogP contribution < -0.4 is 10.2 Å². The lowest BCUT2D eigenvalue weighted by Gasteiger charge is -2.31.